The first-order chi connectivity index (χ1) is 14.7. The van der Waals surface area contributed by atoms with E-state index in [4.69, 9.17) is 14.7 Å². The zero-order valence-corrected chi connectivity index (χ0v) is 18.9. The molecule has 0 saturated carbocycles. The van der Waals surface area contributed by atoms with Gasteiger partial charge in [-0.2, -0.15) is 0 Å². The van der Waals surface area contributed by atoms with Crippen LogP contribution in [-0.4, -0.2) is 56.7 Å². The van der Waals surface area contributed by atoms with E-state index in [9.17, 15) is 4.79 Å². The number of para-hydroxylation sites is 2. The summed E-state index contributed by atoms with van der Waals surface area (Å²) in [5.74, 6) is 0.154. The molecule has 1 aliphatic heterocycles. The summed E-state index contributed by atoms with van der Waals surface area (Å²) >= 11 is 5.09. The number of hydrogen-bond acceptors (Lipinski definition) is 5. The van der Waals surface area contributed by atoms with Crippen LogP contribution in [0.25, 0.3) is 27.6 Å². The SMILES string of the molecule is CCC(Sc1nc2ccc(Br)cc2c2nc3ccccc3n12)C(=O)N1CCOCC1. The Morgan fingerprint density at radius 1 is 1.17 bits per heavy atom. The second-order valence-corrected chi connectivity index (χ2v) is 9.35. The molecule has 1 fully saturated rings. The van der Waals surface area contributed by atoms with Crippen molar-refractivity contribution in [3.05, 3.63) is 46.9 Å². The van der Waals surface area contributed by atoms with Gasteiger partial charge in [0.05, 0.1) is 35.0 Å². The first-order valence-electron chi connectivity index (χ1n) is 10.1. The highest BCUT2D eigenvalue weighted by atomic mass is 79.9. The number of morpholine rings is 1. The monoisotopic (exact) mass is 484 g/mol. The van der Waals surface area contributed by atoms with Gasteiger partial charge in [-0.25, -0.2) is 9.97 Å². The van der Waals surface area contributed by atoms with Crippen molar-refractivity contribution in [1.82, 2.24) is 19.3 Å². The maximum atomic E-state index is 13.2. The number of fused-ring (bicyclic) bond motifs is 5. The van der Waals surface area contributed by atoms with Gasteiger partial charge in [-0.05, 0) is 36.8 Å². The van der Waals surface area contributed by atoms with Crippen LogP contribution in [0, 0.1) is 0 Å². The van der Waals surface area contributed by atoms with Crippen molar-refractivity contribution in [3.63, 3.8) is 0 Å². The maximum absolute atomic E-state index is 13.2. The second-order valence-electron chi connectivity index (χ2n) is 7.27. The highest BCUT2D eigenvalue weighted by Gasteiger charge is 2.27. The van der Waals surface area contributed by atoms with Gasteiger partial charge in [0, 0.05) is 22.9 Å². The molecule has 1 saturated heterocycles. The summed E-state index contributed by atoms with van der Waals surface area (Å²) in [4.78, 5) is 24.9. The molecule has 154 valence electrons. The van der Waals surface area contributed by atoms with Crippen molar-refractivity contribution in [2.24, 2.45) is 0 Å². The van der Waals surface area contributed by atoms with Gasteiger partial charge in [0.1, 0.15) is 5.65 Å². The van der Waals surface area contributed by atoms with Crippen molar-refractivity contribution in [3.8, 4) is 0 Å². The molecule has 0 radical (unpaired) electrons. The molecular formula is C22H21BrN4O2S. The number of carbonyl (C=O) groups excluding carboxylic acids is 1. The van der Waals surface area contributed by atoms with E-state index in [2.05, 4.69) is 33.3 Å². The van der Waals surface area contributed by atoms with E-state index in [1.54, 1.807) is 0 Å². The zero-order valence-electron chi connectivity index (χ0n) is 16.5. The van der Waals surface area contributed by atoms with Crippen LogP contribution >= 0.6 is 27.7 Å². The van der Waals surface area contributed by atoms with Crippen LogP contribution in [0.4, 0.5) is 0 Å². The second kappa shape index (κ2) is 8.17. The molecule has 2 aromatic carbocycles. The zero-order chi connectivity index (χ0) is 20.7. The number of hydrogen-bond donors (Lipinski definition) is 0. The number of carbonyl (C=O) groups is 1. The molecular weight excluding hydrogens is 464 g/mol. The minimum absolute atomic E-state index is 0.154. The van der Waals surface area contributed by atoms with Gasteiger partial charge < -0.3 is 9.64 Å². The predicted octanol–water partition coefficient (Wildman–Crippen LogP) is 4.53. The summed E-state index contributed by atoms with van der Waals surface area (Å²) < 4.78 is 8.48. The number of ether oxygens (including phenoxy) is 1. The minimum atomic E-state index is -0.201. The van der Waals surface area contributed by atoms with Gasteiger partial charge in [-0.1, -0.05) is 46.7 Å². The first-order valence-corrected chi connectivity index (χ1v) is 11.7. The van der Waals surface area contributed by atoms with E-state index < -0.39 is 0 Å². The number of nitrogens with zero attached hydrogens (tertiary/aromatic N) is 4. The van der Waals surface area contributed by atoms with Crippen LogP contribution < -0.4 is 0 Å². The van der Waals surface area contributed by atoms with Gasteiger partial charge in [-0.3, -0.25) is 9.20 Å². The number of halogens is 1. The Bertz CT molecular complexity index is 1250. The van der Waals surface area contributed by atoms with Gasteiger partial charge >= 0.3 is 0 Å². The Kier molecular flexibility index (Phi) is 5.39. The summed E-state index contributed by atoms with van der Waals surface area (Å²) in [7, 11) is 0. The Morgan fingerprint density at radius 3 is 2.77 bits per heavy atom. The molecule has 1 aliphatic rings. The van der Waals surface area contributed by atoms with Gasteiger partial charge in [-0.15, -0.1) is 0 Å². The summed E-state index contributed by atoms with van der Waals surface area (Å²) in [6, 6.07) is 14.1. The Hall–Kier alpha value is -2.16. The molecule has 30 heavy (non-hydrogen) atoms. The number of aromatic nitrogens is 3. The lowest BCUT2D eigenvalue weighted by atomic mass is 10.2. The third kappa shape index (κ3) is 3.46. The fourth-order valence-corrected chi connectivity index (χ4v) is 5.31. The number of imidazole rings is 1. The lowest BCUT2D eigenvalue weighted by molar-refractivity contribution is -0.134. The Labute approximate surface area is 186 Å². The number of rotatable bonds is 4. The highest BCUT2D eigenvalue weighted by Crippen LogP contribution is 2.33. The van der Waals surface area contributed by atoms with E-state index in [1.807, 2.05) is 41.3 Å². The molecule has 8 heteroatoms. The van der Waals surface area contributed by atoms with Gasteiger partial charge in [0.15, 0.2) is 5.16 Å². The standard InChI is InChI=1S/C22H21BrN4O2S/c1-2-19(21(28)26-9-11-29-12-10-26)30-22-25-16-8-7-14(23)13-15(16)20-24-17-5-3-4-6-18(17)27(20)22/h3-8,13,19H,2,9-12H2,1H3. The van der Waals surface area contributed by atoms with Crippen LogP contribution in [0.1, 0.15) is 13.3 Å². The smallest absolute Gasteiger partial charge is 0.236 e. The molecule has 3 heterocycles. The summed E-state index contributed by atoms with van der Waals surface area (Å²) in [6.07, 6.45) is 0.731. The Morgan fingerprint density at radius 2 is 1.97 bits per heavy atom. The van der Waals surface area contributed by atoms with Crippen LogP contribution in [-0.2, 0) is 9.53 Å². The van der Waals surface area contributed by atoms with Crippen molar-refractivity contribution in [2.45, 2.75) is 23.8 Å². The van der Waals surface area contributed by atoms with Crippen molar-refractivity contribution in [2.75, 3.05) is 26.3 Å². The van der Waals surface area contributed by atoms with E-state index in [1.165, 1.54) is 11.8 Å². The molecule has 2 aromatic heterocycles. The number of benzene rings is 2. The molecule has 0 aliphatic carbocycles. The molecule has 6 nitrogen and oxygen atoms in total. The lowest BCUT2D eigenvalue weighted by Crippen LogP contribution is -2.44. The molecule has 1 unspecified atom stereocenters. The van der Waals surface area contributed by atoms with Crippen LogP contribution in [0.2, 0.25) is 0 Å². The average Bonchev–Trinajstić information content (AvgIpc) is 3.18. The molecule has 4 aromatic rings. The molecule has 0 spiro atoms. The average molecular weight is 485 g/mol. The fourth-order valence-electron chi connectivity index (χ4n) is 3.84. The lowest BCUT2D eigenvalue weighted by Gasteiger charge is -2.29. The fraction of sp³-hybridized carbons (Fsp3) is 0.318. The normalized spacial score (nSPS) is 15.9. The molecule has 0 N–H and O–H groups in total. The highest BCUT2D eigenvalue weighted by molar-refractivity contribution is 9.10. The quantitative estimate of drug-likeness (QED) is 0.314. The maximum Gasteiger partial charge on any atom is 0.236 e. The molecule has 1 amide bonds. The van der Waals surface area contributed by atoms with E-state index in [0.717, 1.165) is 43.6 Å². The number of thioether (sulfide) groups is 1. The number of amides is 1. The summed E-state index contributed by atoms with van der Waals surface area (Å²) in [5, 5.41) is 1.58. The van der Waals surface area contributed by atoms with E-state index in [0.29, 0.717) is 26.3 Å². The predicted molar refractivity (Wildman–Crippen MR) is 123 cm³/mol. The van der Waals surface area contributed by atoms with Crippen molar-refractivity contribution < 1.29 is 9.53 Å². The van der Waals surface area contributed by atoms with Gasteiger partial charge in [0.2, 0.25) is 5.91 Å². The molecule has 5 rings (SSSR count). The van der Waals surface area contributed by atoms with Crippen molar-refractivity contribution >= 4 is 61.2 Å². The van der Waals surface area contributed by atoms with Crippen LogP contribution in [0.15, 0.2) is 52.1 Å². The summed E-state index contributed by atoms with van der Waals surface area (Å²) in [5.41, 5.74) is 3.65. The third-order valence-corrected chi connectivity index (χ3v) is 7.18. The molecule has 1 atom stereocenters. The minimum Gasteiger partial charge on any atom is -0.378 e. The first kappa shape index (κ1) is 19.8. The Balaban J connectivity index is 1.65. The van der Waals surface area contributed by atoms with E-state index >= 15 is 0 Å². The van der Waals surface area contributed by atoms with E-state index in [-0.39, 0.29) is 11.2 Å². The van der Waals surface area contributed by atoms with Crippen molar-refractivity contribution in [1.29, 1.82) is 0 Å². The van der Waals surface area contributed by atoms with Crippen LogP contribution in [0.5, 0.6) is 0 Å². The molecule has 0 bridgehead atoms. The third-order valence-electron chi connectivity index (χ3n) is 5.38. The topological polar surface area (TPSA) is 59.7 Å². The van der Waals surface area contributed by atoms with Gasteiger partial charge in [0.25, 0.3) is 0 Å². The van der Waals surface area contributed by atoms with Crippen LogP contribution in [0.3, 0.4) is 0 Å². The summed E-state index contributed by atoms with van der Waals surface area (Å²) in [6.45, 7) is 4.56. The largest absolute Gasteiger partial charge is 0.378 e.